The van der Waals surface area contributed by atoms with Gasteiger partial charge in [0.15, 0.2) is 5.82 Å². The Balaban J connectivity index is 3.17. The Labute approximate surface area is 72.2 Å². The number of halogens is 2. The van der Waals surface area contributed by atoms with Crippen molar-refractivity contribution in [2.75, 3.05) is 0 Å². The van der Waals surface area contributed by atoms with E-state index in [-0.39, 0.29) is 10.2 Å². The molecule has 1 N–H and O–H groups in total. The van der Waals surface area contributed by atoms with Crippen LogP contribution in [-0.4, -0.2) is 10.1 Å². The lowest BCUT2D eigenvalue weighted by molar-refractivity contribution is 0.193. The van der Waals surface area contributed by atoms with Crippen LogP contribution in [-0.2, 0) is 0 Å². The molecule has 0 saturated carbocycles. The average molecular weight is 220 g/mol. The Bertz CT molecular complexity index is 265. The van der Waals surface area contributed by atoms with Crippen molar-refractivity contribution in [1.82, 2.24) is 4.98 Å². The minimum Gasteiger partial charge on any atom is -0.389 e. The van der Waals surface area contributed by atoms with E-state index in [0.29, 0.717) is 0 Å². The summed E-state index contributed by atoms with van der Waals surface area (Å²) in [5.74, 6) is -0.498. The molecule has 1 unspecified atom stereocenters. The van der Waals surface area contributed by atoms with Crippen LogP contribution >= 0.6 is 15.9 Å². The molecule has 0 aromatic carbocycles. The number of rotatable bonds is 1. The van der Waals surface area contributed by atoms with Crippen molar-refractivity contribution in [2.24, 2.45) is 0 Å². The highest BCUT2D eigenvalue weighted by Crippen LogP contribution is 2.20. The lowest BCUT2D eigenvalue weighted by Crippen LogP contribution is -1.97. The maximum Gasteiger partial charge on any atom is 0.161 e. The SMILES string of the molecule is CC(O)c1ccnc(Br)c1F. The second-order valence-electron chi connectivity index (χ2n) is 2.18. The lowest BCUT2D eigenvalue weighted by Gasteiger charge is -2.05. The summed E-state index contributed by atoms with van der Waals surface area (Å²) in [5.41, 5.74) is 0.256. The first-order valence-corrected chi connectivity index (χ1v) is 3.90. The zero-order chi connectivity index (χ0) is 8.43. The van der Waals surface area contributed by atoms with Gasteiger partial charge in [0.1, 0.15) is 4.60 Å². The molecule has 0 aliphatic rings. The first-order chi connectivity index (χ1) is 5.13. The molecule has 0 fully saturated rings. The van der Waals surface area contributed by atoms with E-state index in [4.69, 9.17) is 5.11 Å². The molecule has 0 saturated heterocycles. The molecule has 1 heterocycles. The molecule has 60 valence electrons. The summed E-state index contributed by atoms with van der Waals surface area (Å²) < 4.78 is 13.1. The minimum atomic E-state index is -0.797. The summed E-state index contributed by atoms with van der Waals surface area (Å²) in [6.07, 6.45) is 0.643. The summed E-state index contributed by atoms with van der Waals surface area (Å²) in [5, 5.41) is 9.04. The van der Waals surface area contributed by atoms with Crippen LogP contribution < -0.4 is 0 Å². The van der Waals surface area contributed by atoms with E-state index >= 15 is 0 Å². The second-order valence-corrected chi connectivity index (χ2v) is 2.93. The molecular formula is C7H7BrFNO. The Morgan fingerprint density at radius 3 is 2.82 bits per heavy atom. The van der Waals surface area contributed by atoms with Gasteiger partial charge in [-0.25, -0.2) is 9.37 Å². The van der Waals surface area contributed by atoms with Crippen LogP contribution in [0.1, 0.15) is 18.6 Å². The van der Waals surface area contributed by atoms with Crippen molar-refractivity contribution >= 4 is 15.9 Å². The zero-order valence-electron chi connectivity index (χ0n) is 5.88. The van der Waals surface area contributed by atoms with Gasteiger partial charge in [0.2, 0.25) is 0 Å². The van der Waals surface area contributed by atoms with Crippen molar-refractivity contribution in [3.63, 3.8) is 0 Å². The van der Waals surface area contributed by atoms with E-state index in [1.807, 2.05) is 0 Å². The Morgan fingerprint density at radius 2 is 2.36 bits per heavy atom. The number of hydrogen-bond acceptors (Lipinski definition) is 2. The van der Waals surface area contributed by atoms with Crippen molar-refractivity contribution < 1.29 is 9.50 Å². The van der Waals surface area contributed by atoms with E-state index in [1.54, 1.807) is 0 Å². The maximum atomic E-state index is 13.0. The quantitative estimate of drug-likeness (QED) is 0.734. The van der Waals surface area contributed by atoms with Crippen LogP contribution in [0, 0.1) is 5.82 Å². The van der Waals surface area contributed by atoms with E-state index < -0.39 is 11.9 Å². The topological polar surface area (TPSA) is 33.1 Å². The van der Waals surface area contributed by atoms with Gasteiger partial charge in [-0.2, -0.15) is 0 Å². The molecule has 0 aliphatic heterocycles. The van der Waals surface area contributed by atoms with Gasteiger partial charge in [0, 0.05) is 11.8 Å². The van der Waals surface area contributed by atoms with Gasteiger partial charge in [-0.3, -0.25) is 0 Å². The number of aliphatic hydroxyl groups is 1. The van der Waals surface area contributed by atoms with Crippen LogP contribution in [0.15, 0.2) is 16.9 Å². The number of hydrogen-bond donors (Lipinski definition) is 1. The fourth-order valence-corrected chi connectivity index (χ4v) is 1.10. The average Bonchev–Trinajstić information content (AvgIpc) is 1.94. The van der Waals surface area contributed by atoms with E-state index in [2.05, 4.69) is 20.9 Å². The van der Waals surface area contributed by atoms with Gasteiger partial charge in [-0.1, -0.05) is 0 Å². The van der Waals surface area contributed by atoms with E-state index in [0.717, 1.165) is 0 Å². The summed E-state index contributed by atoms with van der Waals surface area (Å²) in [6.45, 7) is 1.50. The lowest BCUT2D eigenvalue weighted by atomic mass is 10.2. The number of nitrogens with zero attached hydrogens (tertiary/aromatic N) is 1. The molecular weight excluding hydrogens is 213 g/mol. The van der Waals surface area contributed by atoms with Crippen LogP contribution in [0.2, 0.25) is 0 Å². The highest BCUT2D eigenvalue weighted by molar-refractivity contribution is 9.10. The first kappa shape index (κ1) is 8.62. The molecule has 4 heteroatoms. The highest BCUT2D eigenvalue weighted by atomic mass is 79.9. The monoisotopic (exact) mass is 219 g/mol. The van der Waals surface area contributed by atoms with Crippen molar-refractivity contribution in [3.8, 4) is 0 Å². The van der Waals surface area contributed by atoms with Crippen LogP contribution in [0.3, 0.4) is 0 Å². The largest absolute Gasteiger partial charge is 0.389 e. The van der Waals surface area contributed by atoms with Gasteiger partial charge in [-0.05, 0) is 28.9 Å². The highest BCUT2D eigenvalue weighted by Gasteiger charge is 2.10. The molecule has 0 spiro atoms. The summed E-state index contributed by atoms with van der Waals surface area (Å²) >= 11 is 2.92. The normalized spacial score (nSPS) is 13.1. The zero-order valence-corrected chi connectivity index (χ0v) is 7.47. The molecule has 0 bridgehead atoms. The van der Waals surface area contributed by atoms with Gasteiger partial charge >= 0.3 is 0 Å². The summed E-state index contributed by atoms with van der Waals surface area (Å²) in [6, 6.07) is 1.45. The van der Waals surface area contributed by atoms with Crippen LogP contribution in [0.4, 0.5) is 4.39 Å². The number of aliphatic hydroxyl groups excluding tert-OH is 1. The molecule has 11 heavy (non-hydrogen) atoms. The molecule has 0 radical (unpaired) electrons. The third kappa shape index (κ3) is 1.75. The molecule has 1 atom stereocenters. The van der Waals surface area contributed by atoms with Gasteiger partial charge in [0.05, 0.1) is 6.10 Å². The Kier molecular flexibility index (Phi) is 2.57. The summed E-state index contributed by atoms with van der Waals surface area (Å²) in [7, 11) is 0. The molecule has 1 aromatic rings. The van der Waals surface area contributed by atoms with Gasteiger partial charge in [0.25, 0.3) is 0 Å². The maximum absolute atomic E-state index is 13.0. The van der Waals surface area contributed by atoms with E-state index in [1.165, 1.54) is 19.2 Å². The number of pyridine rings is 1. The number of aromatic nitrogens is 1. The molecule has 1 rings (SSSR count). The Hall–Kier alpha value is -0.480. The molecule has 1 aromatic heterocycles. The first-order valence-electron chi connectivity index (χ1n) is 3.11. The molecule has 0 aliphatic carbocycles. The standard InChI is InChI=1S/C7H7BrFNO/c1-4(11)5-2-3-10-7(8)6(5)9/h2-4,11H,1H3. The predicted octanol–water partition coefficient (Wildman–Crippen LogP) is 2.04. The third-order valence-electron chi connectivity index (χ3n) is 1.33. The third-order valence-corrected chi connectivity index (χ3v) is 1.88. The summed E-state index contributed by atoms with van der Waals surface area (Å²) in [4.78, 5) is 3.65. The van der Waals surface area contributed by atoms with Gasteiger partial charge in [-0.15, -0.1) is 0 Å². The van der Waals surface area contributed by atoms with Crippen molar-refractivity contribution in [1.29, 1.82) is 0 Å². The van der Waals surface area contributed by atoms with Crippen molar-refractivity contribution in [3.05, 3.63) is 28.2 Å². The van der Waals surface area contributed by atoms with Crippen LogP contribution in [0.25, 0.3) is 0 Å². The smallest absolute Gasteiger partial charge is 0.161 e. The van der Waals surface area contributed by atoms with Crippen molar-refractivity contribution in [2.45, 2.75) is 13.0 Å². The predicted molar refractivity (Wildman–Crippen MR) is 42.5 cm³/mol. The second kappa shape index (κ2) is 3.28. The van der Waals surface area contributed by atoms with E-state index in [9.17, 15) is 4.39 Å². The fourth-order valence-electron chi connectivity index (χ4n) is 0.755. The van der Waals surface area contributed by atoms with Gasteiger partial charge < -0.3 is 5.11 Å². The minimum absolute atomic E-state index is 0.135. The molecule has 2 nitrogen and oxygen atoms in total. The Morgan fingerprint density at radius 1 is 1.73 bits per heavy atom. The van der Waals surface area contributed by atoms with Crippen LogP contribution in [0.5, 0.6) is 0 Å². The molecule has 0 amide bonds. The fraction of sp³-hybridized carbons (Fsp3) is 0.286.